The van der Waals surface area contributed by atoms with Crippen LogP contribution in [0.4, 0.5) is 0 Å². The highest BCUT2D eigenvalue weighted by Gasteiger charge is 2.36. The van der Waals surface area contributed by atoms with E-state index in [9.17, 15) is 0 Å². The number of para-hydroxylation sites is 1. The van der Waals surface area contributed by atoms with Crippen LogP contribution in [0.15, 0.2) is 24.3 Å². The summed E-state index contributed by atoms with van der Waals surface area (Å²) < 4.78 is 5.54. The Morgan fingerprint density at radius 1 is 1.25 bits per heavy atom. The first kappa shape index (κ1) is 13.9. The number of ether oxygens (including phenoxy) is 1. The summed E-state index contributed by atoms with van der Waals surface area (Å²) in [7, 11) is 1.77. The normalized spacial score (nSPS) is 28.7. The molecule has 2 aliphatic rings. The number of benzene rings is 1. The van der Waals surface area contributed by atoms with E-state index in [4.69, 9.17) is 4.74 Å². The number of hydrogen-bond acceptors (Lipinski definition) is 3. The smallest absolute Gasteiger partial charge is 0.123 e. The summed E-state index contributed by atoms with van der Waals surface area (Å²) >= 11 is 0. The van der Waals surface area contributed by atoms with Crippen molar-refractivity contribution in [3.63, 3.8) is 0 Å². The molecular weight excluding hydrogens is 248 g/mol. The molecule has 0 saturated carbocycles. The highest BCUT2D eigenvalue weighted by Crippen LogP contribution is 2.36. The molecule has 3 rings (SSSR count). The van der Waals surface area contributed by atoms with Crippen molar-refractivity contribution >= 4 is 0 Å². The lowest BCUT2D eigenvalue weighted by atomic mass is 10.00. The molecule has 20 heavy (non-hydrogen) atoms. The van der Waals surface area contributed by atoms with Gasteiger partial charge in [-0.05, 0) is 51.8 Å². The molecule has 0 aliphatic carbocycles. The van der Waals surface area contributed by atoms with Crippen molar-refractivity contribution < 1.29 is 4.74 Å². The van der Waals surface area contributed by atoms with Gasteiger partial charge in [-0.2, -0.15) is 0 Å². The van der Waals surface area contributed by atoms with Gasteiger partial charge in [-0.15, -0.1) is 0 Å². The Balaban J connectivity index is 1.79. The van der Waals surface area contributed by atoms with Crippen LogP contribution >= 0.6 is 0 Å². The maximum absolute atomic E-state index is 5.54. The monoisotopic (exact) mass is 274 g/mol. The van der Waals surface area contributed by atoms with Gasteiger partial charge in [-0.1, -0.05) is 18.2 Å². The van der Waals surface area contributed by atoms with Crippen LogP contribution in [-0.2, 0) is 0 Å². The number of methoxy groups -OCH3 is 1. The number of nitrogens with zero attached hydrogens (tertiary/aromatic N) is 1. The molecule has 110 valence electrons. The van der Waals surface area contributed by atoms with E-state index in [1.54, 1.807) is 7.11 Å². The van der Waals surface area contributed by atoms with E-state index in [1.165, 1.54) is 44.3 Å². The Kier molecular flexibility index (Phi) is 4.27. The van der Waals surface area contributed by atoms with Crippen LogP contribution in [0.1, 0.15) is 44.2 Å². The predicted octanol–water partition coefficient (Wildman–Crippen LogP) is 2.97. The molecule has 2 saturated heterocycles. The molecule has 1 N–H and O–H groups in total. The fourth-order valence-corrected chi connectivity index (χ4v) is 3.96. The highest BCUT2D eigenvalue weighted by molar-refractivity contribution is 5.35. The summed E-state index contributed by atoms with van der Waals surface area (Å²) in [6.07, 6.45) is 5.32. The minimum atomic E-state index is 0.432. The van der Waals surface area contributed by atoms with Gasteiger partial charge in [-0.25, -0.2) is 0 Å². The van der Waals surface area contributed by atoms with Crippen LogP contribution < -0.4 is 10.1 Å². The molecule has 3 atom stereocenters. The van der Waals surface area contributed by atoms with Gasteiger partial charge in [0.05, 0.1) is 7.11 Å². The van der Waals surface area contributed by atoms with Crippen LogP contribution in [0.25, 0.3) is 0 Å². The first-order valence-corrected chi connectivity index (χ1v) is 7.93. The van der Waals surface area contributed by atoms with E-state index in [1.807, 2.05) is 0 Å². The van der Waals surface area contributed by atoms with Gasteiger partial charge in [0.1, 0.15) is 5.75 Å². The zero-order valence-corrected chi connectivity index (χ0v) is 12.6. The zero-order valence-electron chi connectivity index (χ0n) is 12.6. The van der Waals surface area contributed by atoms with Crippen molar-refractivity contribution in [3.05, 3.63) is 29.8 Å². The molecule has 2 aliphatic heterocycles. The van der Waals surface area contributed by atoms with Gasteiger partial charge < -0.3 is 10.1 Å². The Hall–Kier alpha value is -1.06. The average molecular weight is 274 g/mol. The van der Waals surface area contributed by atoms with Crippen molar-refractivity contribution in [1.29, 1.82) is 0 Å². The average Bonchev–Trinajstić information content (AvgIpc) is 3.16. The van der Waals surface area contributed by atoms with Gasteiger partial charge >= 0.3 is 0 Å². The third kappa shape index (κ3) is 2.57. The molecule has 3 heteroatoms. The third-order valence-corrected chi connectivity index (χ3v) is 4.99. The maximum Gasteiger partial charge on any atom is 0.123 e. The second kappa shape index (κ2) is 6.15. The topological polar surface area (TPSA) is 24.5 Å². The lowest BCUT2D eigenvalue weighted by Crippen LogP contribution is -2.44. The summed E-state index contributed by atoms with van der Waals surface area (Å²) in [5.41, 5.74) is 1.32. The second-order valence-electron chi connectivity index (χ2n) is 6.07. The van der Waals surface area contributed by atoms with Crippen LogP contribution in [0, 0.1) is 0 Å². The van der Waals surface area contributed by atoms with Crippen molar-refractivity contribution in [2.45, 2.75) is 50.7 Å². The number of nitrogens with one attached hydrogen (secondary N) is 1. The zero-order chi connectivity index (χ0) is 13.9. The SMILES string of the molecule is COc1ccccc1C(C)N1CCCC1C1CCCN1. The van der Waals surface area contributed by atoms with Crippen LogP contribution in [-0.4, -0.2) is 37.2 Å². The van der Waals surface area contributed by atoms with Gasteiger partial charge in [0.2, 0.25) is 0 Å². The van der Waals surface area contributed by atoms with Crippen molar-refractivity contribution in [2.75, 3.05) is 20.2 Å². The van der Waals surface area contributed by atoms with Gasteiger partial charge in [0.25, 0.3) is 0 Å². The molecule has 0 spiro atoms. The second-order valence-corrected chi connectivity index (χ2v) is 6.07. The van der Waals surface area contributed by atoms with Crippen molar-refractivity contribution in [3.8, 4) is 5.75 Å². The Morgan fingerprint density at radius 2 is 2.10 bits per heavy atom. The highest BCUT2D eigenvalue weighted by atomic mass is 16.5. The fraction of sp³-hybridized carbons (Fsp3) is 0.647. The largest absolute Gasteiger partial charge is 0.496 e. The maximum atomic E-state index is 5.54. The summed E-state index contributed by atoms with van der Waals surface area (Å²) in [6, 6.07) is 10.3. The van der Waals surface area contributed by atoms with Gasteiger partial charge in [0.15, 0.2) is 0 Å². The lowest BCUT2D eigenvalue weighted by molar-refractivity contribution is 0.161. The van der Waals surface area contributed by atoms with E-state index in [-0.39, 0.29) is 0 Å². The minimum Gasteiger partial charge on any atom is -0.496 e. The van der Waals surface area contributed by atoms with E-state index < -0.39 is 0 Å². The molecular formula is C17H26N2O. The minimum absolute atomic E-state index is 0.432. The molecule has 3 nitrogen and oxygen atoms in total. The summed E-state index contributed by atoms with van der Waals surface area (Å²) in [6.45, 7) is 4.73. The fourth-order valence-electron chi connectivity index (χ4n) is 3.96. The van der Waals surface area contributed by atoms with Crippen LogP contribution in [0.2, 0.25) is 0 Å². The number of rotatable bonds is 4. The Morgan fingerprint density at radius 3 is 2.85 bits per heavy atom. The van der Waals surface area contributed by atoms with Gasteiger partial charge in [0, 0.05) is 23.7 Å². The van der Waals surface area contributed by atoms with Gasteiger partial charge in [-0.3, -0.25) is 4.90 Å². The molecule has 3 unspecified atom stereocenters. The first-order valence-electron chi connectivity index (χ1n) is 7.93. The van der Waals surface area contributed by atoms with Crippen molar-refractivity contribution in [1.82, 2.24) is 10.2 Å². The molecule has 1 aromatic carbocycles. The summed E-state index contributed by atoms with van der Waals surface area (Å²) in [5, 5.41) is 3.69. The predicted molar refractivity (Wildman–Crippen MR) is 82.2 cm³/mol. The Labute approximate surface area is 122 Å². The number of likely N-dealkylation sites (tertiary alicyclic amines) is 1. The molecule has 2 fully saturated rings. The summed E-state index contributed by atoms with van der Waals surface area (Å²) in [4.78, 5) is 2.68. The molecule has 0 bridgehead atoms. The molecule has 1 aromatic rings. The first-order chi connectivity index (χ1) is 9.81. The van der Waals surface area contributed by atoms with Crippen molar-refractivity contribution in [2.24, 2.45) is 0 Å². The number of hydrogen-bond donors (Lipinski definition) is 1. The van der Waals surface area contributed by atoms with Crippen LogP contribution in [0.3, 0.4) is 0 Å². The Bertz CT molecular complexity index is 442. The quantitative estimate of drug-likeness (QED) is 0.913. The molecule has 0 radical (unpaired) electrons. The van der Waals surface area contributed by atoms with E-state index >= 15 is 0 Å². The lowest BCUT2D eigenvalue weighted by Gasteiger charge is -2.35. The standard InChI is InChI=1S/C17H26N2O/c1-13(14-7-3-4-10-17(14)20-2)19-12-6-9-16(19)15-8-5-11-18-15/h3-4,7,10,13,15-16,18H,5-6,8-9,11-12H2,1-2H3. The van der Waals surface area contributed by atoms with Crippen LogP contribution in [0.5, 0.6) is 5.75 Å². The summed E-state index contributed by atoms with van der Waals surface area (Å²) in [5.74, 6) is 1.02. The molecule has 0 aromatic heterocycles. The third-order valence-electron chi connectivity index (χ3n) is 4.99. The molecule has 2 heterocycles. The van der Waals surface area contributed by atoms with E-state index in [0.717, 1.165) is 5.75 Å². The van der Waals surface area contributed by atoms with E-state index in [0.29, 0.717) is 18.1 Å². The molecule has 0 amide bonds. The van der Waals surface area contributed by atoms with E-state index in [2.05, 4.69) is 41.4 Å².